The predicted octanol–water partition coefficient (Wildman–Crippen LogP) is 6.22. The van der Waals surface area contributed by atoms with Crippen LogP contribution < -0.4 is 4.90 Å². The lowest BCUT2D eigenvalue weighted by atomic mass is 9.75. The van der Waals surface area contributed by atoms with Gasteiger partial charge in [0.25, 0.3) is 0 Å². The second kappa shape index (κ2) is 7.90. The molecule has 34 heavy (non-hydrogen) atoms. The molecule has 1 spiro atoms. The van der Waals surface area contributed by atoms with Gasteiger partial charge in [-0.3, -0.25) is 4.79 Å². The van der Waals surface area contributed by atoms with Gasteiger partial charge in [-0.2, -0.15) is 0 Å². The number of rotatable bonds is 5. The highest BCUT2D eigenvalue weighted by Gasteiger charge is 2.77. The molecule has 0 bridgehead atoms. The molecule has 0 radical (unpaired) electrons. The van der Waals surface area contributed by atoms with Gasteiger partial charge in [-0.25, -0.2) is 9.18 Å². The van der Waals surface area contributed by atoms with Crippen molar-refractivity contribution in [1.29, 1.82) is 0 Å². The Hall–Kier alpha value is -2.74. The molecule has 6 heteroatoms. The van der Waals surface area contributed by atoms with E-state index in [1.165, 1.54) is 12.1 Å². The maximum atomic E-state index is 14.5. The molecule has 1 amide bonds. The molecule has 174 valence electrons. The zero-order chi connectivity index (χ0) is 24.4. The second-order valence-corrected chi connectivity index (χ2v) is 10.9. The molecule has 1 heterocycles. The Kier molecular flexibility index (Phi) is 5.35. The standard InChI is InChI=1S/C28H25FINO3/c1-16(2)27(19-7-10-21(30)11-8-19)15-28(27)23-13-20(29)9-12-24(23)31(26(28)34)14-18-5-4-6-22(17(18)3)25(32)33/h4-13,16H,14-15H2,1-3H3,(H,32,33)/t27-,28-/m1/s1. The van der Waals surface area contributed by atoms with Crippen molar-refractivity contribution in [3.8, 4) is 0 Å². The Balaban J connectivity index is 1.65. The molecule has 3 aromatic carbocycles. The lowest BCUT2D eigenvalue weighted by molar-refractivity contribution is -0.121. The zero-order valence-corrected chi connectivity index (χ0v) is 21.4. The molecule has 5 rings (SSSR count). The number of nitrogens with zero attached hydrogens (tertiary/aromatic N) is 1. The van der Waals surface area contributed by atoms with Crippen molar-refractivity contribution >= 4 is 40.2 Å². The lowest BCUT2D eigenvalue weighted by Gasteiger charge is -2.27. The van der Waals surface area contributed by atoms with Crippen molar-refractivity contribution in [3.05, 3.63) is 97.9 Å². The second-order valence-electron chi connectivity index (χ2n) is 9.66. The normalized spacial score (nSPS) is 23.0. The first kappa shape index (κ1) is 23.0. The predicted molar refractivity (Wildman–Crippen MR) is 138 cm³/mol. The number of hydrogen-bond acceptors (Lipinski definition) is 2. The Morgan fingerprint density at radius 2 is 1.85 bits per heavy atom. The highest BCUT2D eigenvalue weighted by molar-refractivity contribution is 14.1. The number of carbonyl (C=O) groups is 2. The van der Waals surface area contributed by atoms with Crippen molar-refractivity contribution < 1.29 is 19.1 Å². The number of carboxylic acid groups (broad SMARTS) is 1. The molecule has 3 aromatic rings. The molecule has 2 aliphatic rings. The summed E-state index contributed by atoms with van der Waals surface area (Å²) in [5.41, 5.74) is 2.91. The highest BCUT2D eigenvalue weighted by Crippen LogP contribution is 2.73. The van der Waals surface area contributed by atoms with Crippen LogP contribution in [0.2, 0.25) is 0 Å². The first-order valence-corrected chi connectivity index (χ1v) is 12.4. The summed E-state index contributed by atoms with van der Waals surface area (Å²) in [5, 5.41) is 9.54. The summed E-state index contributed by atoms with van der Waals surface area (Å²) in [6, 6.07) is 18.0. The van der Waals surface area contributed by atoms with Gasteiger partial charge in [0.1, 0.15) is 5.82 Å². The van der Waals surface area contributed by atoms with Crippen LogP contribution in [0.15, 0.2) is 60.7 Å². The van der Waals surface area contributed by atoms with E-state index >= 15 is 0 Å². The van der Waals surface area contributed by atoms with Gasteiger partial charge < -0.3 is 10.0 Å². The maximum absolute atomic E-state index is 14.5. The third kappa shape index (κ3) is 3.07. The average molecular weight is 569 g/mol. The largest absolute Gasteiger partial charge is 0.478 e. The number of anilines is 1. The Bertz CT molecular complexity index is 1340. The van der Waals surface area contributed by atoms with E-state index in [-0.39, 0.29) is 29.8 Å². The SMILES string of the molecule is Cc1c(CN2C(=O)[C@@]3(C[C@]3(c3ccc(I)cc3)C(C)C)c3cc(F)ccc32)cccc1C(=O)O. The van der Waals surface area contributed by atoms with Crippen LogP contribution in [0.4, 0.5) is 10.1 Å². The minimum Gasteiger partial charge on any atom is -0.478 e. The van der Waals surface area contributed by atoms with Crippen LogP contribution in [-0.4, -0.2) is 17.0 Å². The number of carboxylic acids is 1. The Morgan fingerprint density at radius 1 is 1.15 bits per heavy atom. The molecular weight excluding hydrogens is 544 g/mol. The molecule has 1 saturated carbocycles. The van der Waals surface area contributed by atoms with Crippen LogP contribution in [0.3, 0.4) is 0 Å². The van der Waals surface area contributed by atoms with Crippen LogP contribution >= 0.6 is 22.6 Å². The van der Waals surface area contributed by atoms with E-state index in [9.17, 15) is 19.1 Å². The first-order chi connectivity index (χ1) is 16.1. The summed E-state index contributed by atoms with van der Waals surface area (Å²) in [6.45, 7) is 6.26. The number of benzene rings is 3. The molecule has 4 nitrogen and oxygen atoms in total. The van der Waals surface area contributed by atoms with Crippen molar-refractivity contribution in [3.63, 3.8) is 0 Å². The van der Waals surface area contributed by atoms with Gasteiger partial charge in [-0.15, -0.1) is 0 Å². The lowest BCUT2D eigenvalue weighted by Crippen LogP contribution is -2.38. The zero-order valence-electron chi connectivity index (χ0n) is 19.2. The van der Waals surface area contributed by atoms with Crippen LogP contribution in [-0.2, 0) is 22.2 Å². The first-order valence-electron chi connectivity index (χ1n) is 11.3. The summed E-state index contributed by atoms with van der Waals surface area (Å²) in [4.78, 5) is 27.6. The van der Waals surface area contributed by atoms with Crippen molar-refractivity contribution in [2.75, 3.05) is 4.90 Å². The van der Waals surface area contributed by atoms with E-state index < -0.39 is 16.8 Å². The third-order valence-corrected chi connectivity index (χ3v) is 8.57. The van der Waals surface area contributed by atoms with Gasteiger partial charge in [-0.1, -0.05) is 38.1 Å². The monoisotopic (exact) mass is 569 g/mol. The van der Waals surface area contributed by atoms with Gasteiger partial charge in [0.05, 0.1) is 17.5 Å². The van der Waals surface area contributed by atoms with E-state index in [4.69, 9.17) is 0 Å². The summed E-state index contributed by atoms with van der Waals surface area (Å²) in [6.07, 6.45) is 0.623. The smallest absolute Gasteiger partial charge is 0.335 e. The van der Waals surface area contributed by atoms with Crippen LogP contribution in [0.1, 0.15) is 52.9 Å². The number of aromatic carboxylic acids is 1. The third-order valence-electron chi connectivity index (χ3n) is 7.85. The number of carbonyl (C=O) groups excluding carboxylic acids is 1. The summed E-state index contributed by atoms with van der Waals surface area (Å²) < 4.78 is 15.7. The van der Waals surface area contributed by atoms with E-state index in [0.717, 1.165) is 20.3 Å². The van der Waals surface area contributed by atoms with Crippen LogP contribution in [0, 0.1) is 22.2 Å². The quantitative estimate of drug-likeness (QED) is 0.372. The van der Waals surface area contributed by atoms with E-state index in [1.54, 1.807) is 30.0 Å². The van der Waals surface area contributed by atoms with Crippen LogP contribution in [0.5, 0.6) is 0 Å². The van der Waals surface area contributed by atoms with Gasteiger partial charge in [0, 0.05) is 14.7 Å². The number of fused-ring (bicyclic) bond motifs is 2. The maximum Gasteiger partial charge on any atom is 0.335 e. The molecule has 1 N–H and O–H groups in total. The molecule has 0 unspecified atom stereocenters. The molecule has 0 saturated heterocycles. The van der Waals surface area contributed by atoms with Crippen molar-refractivity contribution in [1.82, 2.24) is 0 Å². The summed E-state index contributed by atoms with van der Waals surface area (Å²) >= 11 is 2.27. The molecule has 0 aromatic heterocycles. The molecular formula is C28H25FINO3. The van der Waals surface area contributed by atoms with Gasteiger partial charge in [-0.05, 0) is 101 Å². The van der Waals surface area contributed by atoms with Gasteiger partial charge in [0.15, 0.2) is 0 Å². The Morgan fingerprint density at radius 3 is 2.50 bits per heavy atom. The fraction of sp³-hybridized carbons (Fsp3) is 0.286. The topological polar surface area (TPSA) is 57.6 Å². The van der Waals surface area contributed by atoms with E-state index in [2.05, 4.69) is 60.7 Å². The van der Waals surface area contributed by atoms with Gasteiger partial charge >= 0.3 is 5.97 Å². The van der Waals surface area contributed by atoms with Crippen LogP contribution in [0.25, 0.3) is 0 Å². The number of halogens is 2. The Labute approximate surface area is 211 Å². The summed E-state index contributed by atoms with van der Waals surface area (Å²) in [5.74, 6) is -1.24. The van der Waals surface area contributed by atoms with E-state index in [0.29, 0.717) is 17.7 Å². The van der Waals surface area contributed by atoms with Gasteiger partial charge in [0.2, 0.25) is 5.91 Å². The minimum absolute atomic E-state index is 0.0412. The number of hydrogen-bond donors (Lipinski definition) is 1. The van der Waals surface area contributed by atoms with Crippen molar-refractivity contribution in [2.24, 2.45) is 5.92 Å². The fourth-order valence-electron chi connectivity index (χ4n) is 6.06. The average Bonchev–Trinajstić information content (AvgIpc) is 3.46. The molecule has 1 fully saturated rings. The summed E-state index contributed by atoms with van der Waals surface area (Å²) in [7, 11) is 0. The van der Waals surface area contributed by atoms with E-state index in [1.807, 2.05) is 6.07 Å². The highest BCUT2D eigenvalue weighted by atomic mass is 127. The molecule has 1 aliphatic carbocycles. The minimum atomic E-state index is -0.995. The van der Waals surface area contributed by atoms with Crippen molar-refractivity contribution in [2.45, 2.75) is 44.6 Å². The number of amides is 1. The molecule has 1 aliphatic heterocycles. The molecule has 2 atom stereocenters. The fourth-order valence-corrected chi connectivity index (χ4v) is 6.42.